The molecule has 1 aromatic rings. The van der Waals surface area contributed by atoms with Crippen LogP contribution in [0.25, 0.3) is 0 Å². The first-order valence-electron chi connectivity index (χ1n) is 6.64. The molecule has 1 fully saturated rings. The van der Waals surface area contributed by atoms with E-state index in [9.17, 15) is 0 Å². The van der Waals surface area contributed by atoms with E-state index in [1.807, 2.05) is 0 Å². The van der Waals surface area contributed by atoms with Crippen molar-refractivity contribution >= 4 is 27.6 Å². The fourth-order valence-corrected chi connectivity index (χ4v) is 3.25. The first-order valence-corrected chi connectivity index (χ1v) is 7.44. The van der Waals surface area contributed by atoms with Crippen LogP contribution < -0.4 is 16.2 Å². The van der Waals surface area contributed by atoms with Crippen LogP contribution in [0.5, 0.6) is 0 Å². The maximum Gasteiger partial charge on any atom is 0.159 e. The van der Waals surface area contributed by atoms with E-state index < -0.39 is 0 Å². The Morgan fingerprint density at radius 3 is 2.58 bits per heavy atom. The van der Waals surface area contributed by atoms with Gasteiger partial charge in [-0.1, -0.05) is 13.8 Å². The van der Waals surface area contributed by atoms with E-state index >= 15 is 0 Å². The molecule has 0 amide bonds. The Morgan fingerprint density at radius 2 is 2.00 bits per heavy atom. The highest BCUT2D eigenvalue weighted by molar-refractivity contribution is 9.10. The second-order valence-corrected chi connectivity index (χ2v) is 6.80. The number of nitrogen functional groups attached to an aromatic ring is 1. The molecule has 0 saturated heterocycles. The molecule has 19 heavy (non-hydrogen) atoms. The predicted octanol–water partition coefficient (Wildman–Crippen LogP) is 2.93. The van der Waals surface area contributed by atoms with E-state index in [1.54, 1.807) is 6.33 Å². The first-order chi connectivity index (χ1) is 8.94. The molecule has 0 atom stereocenters. The van der Waals surface area contributed by atoms with Gasteiger partial charge in [0.25, 0.3) is 0 Å². The third kappa shape index (κ3) is 3.17. The molecule has 0 radical (unpaired) electrons. The summed E-state index contributed by atoms with van der Waals surface area (Å²) in [6.45, 7) is 4.69. The Bertz CT molecular complexity index is 439. The van der Waals surface area contributed by atoms with E-state index in [-0.39, 0.29) is 0 Å². The van der Waals surface area contributed by atoms with Gasteiger partial charge < -0.3 is 10.3 Å². The zero-order chi connectivity index (χ0) is 14.0. The van der Waals surface area contributed by atoms with Crippen LogP contribution >= 0.6 is 15.9 Å². The van der Waals surface area contributed by atoms with Gasteiger partial charge in [0.15, 0.2) is 5.82 Å². The number of aromatic nitrogens is 2. The Labute approximate surface area is 123 Å². The average Bonchev–Trinajstić information content (AvgIpc) is 2.38. The van der Waals surface area contributed by atoms with Crippen molar-refractivity contribution in [2.75, 3.05) is 17.4 Å². The molecule has 0 spiro atoms. The Kier molecular flexibility index (Phi) is 4.30. The molecule has 0 bridgehead atoms. The molecule has 0 aromatic carbocycles. The summed E-state index contributed by atoms with van der Waals surface area (Å²) in [5.41, 5.74) is 3.06. The number of anilines is 2. The van der Waals surface area contributed by atoms with Crippen molar-refractivity contribution in [2.24, 2.45) is 11.3 Å². The molecule has 0 aliphatic heterocycles. The number of hydrogen-bond donors (Lipinski definition) is 2. The molecule has 1 aliphatic carbocycles. The lowest BCUT2D eigenvalue weighted by Crippen LogP contribution is -2.38. The summed E-state index contributed by atoms with van der Waals surface area (Å²) in [6.07, 6.45) is 6.45. The standard InChI is InChI=1S/C13H22BrN5/c1-13(2)6-4-9(5-7-13)19(3)12-10(14)11(18-15)16-8-17-12/h8-9H,4-7,15H2,1-3H3,(H,16,17,18). The largest absolute Gasteiger partial charge is 0.356 e. The van der Waals surface area contributed by atoms with Gasteiger partial charge in [0.2, 0.25) is 0 Å². The van der Waals surface area contributed by atoms with Crippen LogP contribution in [0, 0.1) is 5.41 Å². The van der Waals surface area contributed by atoms with Crippen molar-refractivity contribution in [3.63, 3.8) is 0 Å². The third-order valence-electron chi connectivity index (χ3n) is 4.10. The highest BCUT2D eigenvalue weighted by atomic mass is 79.9. The molecule has 1 heterocycles. The number of halogens is 1. The summed E-state index contributed by atoms with van der Waals surface area (Å²) < 4.78 is 0.824. The molecule has 1 aliphatic rings. The zero-order valence-corrected chi connectivity index (χ0v) is 13.4. The van der Waals surface area contributed by atoms with Crippen LogP contribution in [0.4, 0.5) is 11.6 Å². The van der Waals surface area contributed by atoms with Crippen molar-refractivity contribution < 1.29 is 0 Å². The van der Waals surface area contributed by atoms with Crippen LogP contribution in [-0.4, -0.2) is 23.1 Å². The summed E-state index contributed by atoms with van der Waals surface area (Å²) in [4.78, 5) is 10.7. The number of nitrogens with one attached hydrogen (secondary N) is 1. The van der Waals surface area contributed by atoms with Crippen molar-refractivity contribution in [1.29, 1.82) is 0 Å². The molecule has 5 nitrogen and oxygen atoms in total. The molecule has 6 heteroatoms. The monoisotopic (exact) mass is 327 g/mol. The highest BCUT2D eigenvalue weighted by Gasteiger charge is 2.30. The van der Waals surface area contributed by atoms with Crippen LogP contribution in [0.2, 0.25) is 0 Å². The molecule has 2 rings (SSSR count). The normalized spacial score (nSPS) is 19.2. The van der Waals surface area contributed by atoms with E-state index in [2.05, 4.69) is 57.1 Å². The Balaban J connectivity index is 2.14. The summed E-state index contributed by atoms with van der Waals surface area (Å²) in [5, 5.41) is 0. The molecule has 3 N–H and O–H groups in total. The fraction of sp³-hybridized carbons (Fsp3) is 0.692. The van der Waals surface area contributed by atoms with Crippen LogP contribution in [0.3, 0.4) is 0 Å². The quantitative estimate of drug-likeness (QED) is 0.660. The number of nitrogens with two attached hydrogens (primary N) is 1. The second kappa shape index (κ2) is 5.63. The second-order valence-electron chi connectivity index (χ2n) is 6.01. The SMILES string of the molecule is CN(c1ncnc(NN)c1Br)C1CCC(C)(C)CC1. The lowest BCUT2D eigenvalue weighted by atomic mass is 9.75. The van der Waals surface area contributed by atoms with E-state index in [1.165, 1.54) is 25.7 Å². The van der Waals surface area contributed by atoms with Crippen LogP contribution in [0.1, 0.15) is 39.5 Å². The molecule has 1 saturated carbocycles. The van der Waals surface area contributed by atoms with Gasteiger partial charge in [-0.15, -0.1) is 0 Å². The van der Waals surface area contributed by atoms with Gasteiger partial charge in [-0.3, -0.25) is 0 Å². The molecular weight excluding hydrogens is 306 g/mol. The van der Waals surface area contributed by atoms with Gasteiger partial charge in [-0.05, 0) is 47.0 Å². The molecule has 106 valence electrons. The van der Waals surface area contributed by atoms with Crippen molar-refractivity contribution in [1.82, 2.24) is 9.97 Å². The summed E-state index contributed by atoms with van der Waals surface area (Å²) in [7, 11) is 2.09. The lowest BCUT2D eigenvalue weighted by molar-refractivity contribution is 0.222. The topological polar surface area (TPSA) is 67.1 Å². The first kappa shape index (κ1) is 14.5. The Hall–Kier alpha value is -0.880. The van der Waals surface area contributed by atoms with Crippen molar-refractivity contribution in [3.05, 3.63) is 10.8 Å². The summed E-state index contributed by atoms with van der Waals surface area (Å²) in [6, 6.07) is 0.532. The van der Waals surface area contributed by atoms with E-state index in [0.717, 1.165) is 10.3 Å². The minimum absolute atomic E-state index is 0.476. The number of rotatable bonds is 3. The summed E-state index contributed by atoms with van der Waals surface area (Å²) in [5.74, 6) is 6.96. The fourth-order valence-electron chi connectivity index (χ4n) is 2.65. The van der Waals surface area contributed by atoms with E-state index in [0.29, 0.717) is 17.3 Å². The van der Waals surface area contributed by atoms with Gasteiger partial charge in [-0.2, -0.15) is 0 Å². The number of hydrogen-bond acceptors (Lipinski definition) is 5. The minimum Gasteiger partial charge on any atom is -0.356 e. The predicted molar refractivity (Wildman–Crippen MR) is 82.0 cm³/mol. The van der Waals surface area contributed by atoms with Gasteiger partial charge >= 0.3 is 0 Å². The lowest BCUT2D eigenvalue weighted by Gasteiger charge is -2.39. The molecular formula is C13H22BrN5. The van der Waals surface area contributed by atoms with Gasteiger partial charge in [0.05, 0.1) is 0 Å². The van der Waals surface area contributed by atoms with Gasteiger partial charge in [0.1, 0.15) is 16.6 Å². The zero-order valence-electron chi connectivity index (χ0n) is 11.8. The number of nitrogens with zero attached hydrogens (tertiary/aromatic N) is 3. The van der Waals surface area contributed by atoms with Gasteiger partial charge in [-0.25, -0.2) is 15.8 Å². The summed E-state index contributed by atoms with van der Waals surface area (Å²) >= 11 is 3.52. The highest BCUT2D eigenvalue weighted by Crippen LogP contribution is 2.39. The number of hydrazine groups is 1. The smallest absolute Gasteiger partial charge is 0.159 e. The third-order valence-corrected chi connectivity index (χ3v) is 4.83. The van der Waals surface area contributed by atoms with Crippen molar-refractivity contribution in [3.8, 4) is 0 Å². The average molecular weight is 328 g/mol. The van der Waals surface area contributed by atoms with Crippen LogP contribution in [-0.2, 0) is 0 Å². The van der Waals surface area contributed by atoms with Crippen LogP contribution in [0.15, 0.2) is 10.8 Å². The molecule has 1 aromatic heterocycles. The minimum atomic E-state index is 0.476. The Morgan fingerprint density at radius 1 is 1.37 bits per heavy atom. The van der Waals surface area contributed by atoms with Crippen molar-refractivity contribution in [2.45, 2.75) is 45.6 Å². The maximum absolute atomic E-state index is 5.44. The van der Waals surface area contributed by atoms with Gasteiger partial charge in [0, 0.05) is 13.1 Å². The van der Waals surface area contributed by atoms with E-state index in [4.69, 9.17) is 5.84 Å². The molecule has 0 unspecified atom stereocenters. The maximum atomic E-state index is 5.44.